The van der Waals surface area contributed by atoms with Gasteiger partial charge < -0.3 is 5.43 Å². The van der Waals surface area contributed by atoms with E-state index in [-0.39, 0.29) is 0 Å². The highest BCUT2D eigenvalue weighted by atomic mass is 15.5. The van der Waals surface area contributed by atoms with Crippen LogP contribution < -0.4 is 5.43 Å². The molecular formula is C7H14N2. The third kappa shape index (κ3) is 5.11. The molecule has 0 rings (SSSR count). The number of hydrogen-bond acceptors (Lipinski definition) is 2. The van der Waals surface area contributed by atoms with E-state index >= 15 is 0 Å². The third-order valence-corrected chi connectivity index (χ3v) is 0.768. The number of allylic oxidation sites excluding steroid dienone is 3. The molecule has 0 aliphatic carbocycles. The quantitative estimate of drug-likeness (QED) is 0.450. The van der Waals surface area contributed by atoms with E-state index in [1.165, 1.54) is 0 Å². The highest BCUT2D eigenvalue weighted by molar-refractivity contribution is 5.04. The Morgan fingerprint density at radius 3 is 2.44 bits per heavy atom. The van der Waals surface area contributed by atoms with Gasteiger partial charge in [-0.05, 0) is 13.0 Å². The molecule has 0 aliphatic rings. The van der Waals surface area contributed by atoms with Crippen molar-refractivity contribution in [3.63, 3.8) is 0 Å². The first-order chi connectivity index (χ1) is 4.16. The van der Waals surface area contributed by atoms with Gasteiger partial charge in [0.15, 0.2) is 0 Å². The van der Waals surface area contributed by atoms with Gasteiger partial charge in [-0.15, -0.1) is 0 Å². The predicted octanol–water partition coefficient (Wildman–Crippen LogP) is 1.14. The molecule has 52 valence electrons. The molecule has 2 nitrogen and oxygen atoms in total. The number of rotatable bonds is 3. The summed E-state index contributed by atoms with van der Waals surface area (Å²) in [5.74, 6) is 0. The standard InChI is InChI=1S/C7H14N2/c1-5-6-7(2)8-9(3)4/h5-6,8H,1H2,2-4H3/b7-6+. The van der Waals surface area contributed by atoms with Crippen molar-refractivity contribution in [3.05, 3.63) is 24.4 Å². The lowest BCUT2D eigenvalue weighted by Crippen LogP contribution is -2.28. The Hall–Kier alpha value is -0.760. The second-order valence-corrected chi connectivity index (χ2v) is 2.09. The van der Waals surface area contributed by atoms with Crippen LogP contribution in [-0.2, 0) is 0 Å². The maximum Gasteiger partial charge on any atom is 0.0232 e. The molecule has 0 aliphatic heterocycles. The third-order valence-electron chi connectivity index (χ3n) is 0.768. The van der Waals surface area contributed by atoms with Gasteiger partial charge in [-0.3, -0.25) is 0 Å². The van der Waals surface area contributed by atoms with Crippen LogP contribution in [0.25, 0.3) is 0 Å². The lowest BCUT2D eigenvalue weighted by atomic mass is 10.4. The van der Waals surface area contributed by atoms with Gasteiger partial charge in [0.1, 0.15) is 0 Å². The maximum absolute atomic E-state index is 3.57. The lowest BCUT2D eigenvalue weighted by molar-refractivity contribution is 0.328. The van der Waals surface area contributed by atoms with Crippen LogP contribution in [0.3, 0.4) is 0 Å². The van der Waals surface area contributed by atoms with Gasteiger partial charge in [0.05, 0.1) is 0 Å². The molecule has 0 atom stereocenters. The second kappa shape index (κ2) is 4.15. The molecule has 0 spiro atoms. The first-order valence-electron chi connectivity index (χ1n) is 2.90. The van der Waals surface area contributed by atoms with Gasteiger partial charge in [0.25, 0.3) is 0 Å². The molecule has 0 unspecified atom stereocenters. The molecule has 0 fully saturated rings. The first kappa shape index (κ1) is 8.24. The molecule has 0 aromatic carbocycles. The summed E-state index contributed by atoms with van der Waals surface area (Å²) in [6.07, 6.45) is 3.67. The van der Waals surface area contributed by atoms with Crippen LogP contribution in [0.5, 0.6) is 0 Å². The van der Waals surface area contributed by atoms with E-state index in [0.29, 0.717) is 0 Å². The van der Waals surface area contributed by atoms with E-state index in [9.17, 15) is 0 Å². The van der Waals surface area contributed by atoms with Gasteiger partial charge in [-0.2, -0.15) is 0 Å². The minimum absolute atomic E-state index is 1.09. The molecule has 0 amide bonds. The minimum Gasteiger partial charge on any atom is -0.324 e. The van der Waals surface area contributed by atoms with Crippen molar-refractivity contribution in [2.24, 2.45) is 0 Å². The van der Waals surface area contributed by atoms with Crippen LogP contribution in [0.1, 0.15) is 6.92 Å². The molecule has 1 N–H and O–H groups in total. The lowest BCUT2D eigenvalue weighted by Gasteiger charge is -2.12. The molecule has 2 heteroatoms. The molecule has 0 heterocycles. The van der Waals surface area contributed by atoms with Crippen molar-refractivity contribution in [3.8, 4) is 0 Å². The second-order valence-electron chi connectivity index (χ2n) is 2.09. The van der Waals surface area contributed by atoms with E-state index in [1.54, 1.807) is 6.08 Å². The Balaban J connectivity index is 3.61. The average molecular weight is 126 g/mol. The van der Waals surface area contributed by atoms with E-state index < -0.39 is 0 Å². The average Bonchev–Trinajstić information content (AvgIpc) is 1.63. The predicted molar refractivity (Wildman–Crippen MR) is 40.8 cm³/mol. The fourth-order valence-electron chi connectivity index (χ4n) is 0.567. The Morgan fingerprint density at radius 1 is 1.56 bits per heavy atom. The van der Waals surface area contributed by atoms with Gasteiger partial charge >= 0.3 is 0 Å². The highest BCUT2D eigenvalue weighted by Crippen LogP contribution is 1.85. The summed E-state index contributed by atoms with van der Waals surface area (Å²) in [5, 5.41) is 1.88. The minimum atomic E-state index is 1.09. The number of hydrogen-bond donors (Lipinski definition) is 1. The van der Waals surface area contributed by atoms with E-state index in [0.717, 1.165) is 5.70 Å². The van der Waals surface area contributed by atoms with E-state index in [1.807, 2.05) is 32.1 Å². The summed E-state index contributed by atoms with van der Waals surface area (Å²) >= 11 is 0. The van der Waals surface area contributed by atoms with Crippen LogP contribution in [0.15, 0.2) is 24.4 Å². The van der Waals surface area contributed by atoms with Crippen molar-refractivity contribution in [1.82, 2.24) is 10.4 Å². The normalized spacial score (nSPS) is 11.8. The topological polar surface area (TPSA) is 15.3 Å². The fourth-order valence-corrected chi connectivity index (χ4v) is 0.567. The van der Waals surface area contributed by atoms with Gasteiger partial charge in [0.2, 0.25) is 0 Å². The Morgan fingerprint density at radius 2 is 2.11 bits per heavy atom. The van der Waals surface area contributed by atoms with Crippen molar-refractivity contribution >= 4 is 0 Å². The summed E-state index contributed by atoms with van der Waals surface area (Å²) in [6.45, 7) is 5.56. The summed E-state index contributed by atoms with van der Waals surface area (Å²) in [5.41, 5.74) is 4.16. The summed E-state index contributed by atoms with van der Waals surface area (Å²) < 4.78 is 0. The van der Waals surface area contributed by atoms with E-state index in [4.69, 9.17) is 0 Å². The van der Waals surface area contributed by atoms with Crippen LogP contribution in [-0.4, -0.2) is 19.1 Å². The van der Waals surface area contributed by atoms with E-state index in [2.05, 4.69) is 12.0 Å². The smallest absolute Gasteiger partial charge is 0.0232 e. The number of nitrogens with zero attached hydrogens (tertiary/aromatic N) is 1. The molecular weight excluding hydrogens is 112 g/mol. The highest BCUT2D eigenvalue weighted by Gasteiger charge is 1.84. The van der Waals surface area contributed by atoms with Crippen molar-refractivity contribution in [1.29, 1.82) is 0 Å². The molecule has 0 bridgehead atoms. The first-order valence-corrected chi connectivity index (χ1v) is 2.90. The monoisotopic (exact) mass is 126 g/mol. The number of nitrogens with one attached hydrogen (secondary N) is 1. The van der Waals surface area contributed by atoms with Crippen molar-refractivity contribution in [2.45, 2.75) is 6.92 Å². The van der Waals surface area contributed by atoms with Crippen molar-refractivity contribution in [2.75, 3.05) is 14.1 Å². The number of hydrazine groups is 1. The van der Waals surface area contributed by atoms with Crippen LogP contribution in [0.4, 0.5) is 0 Å². The summed E-state index contributed by atoms with van der Waals surface area (Å²) in [7, 11) is 3.89. The van der Waals surface area contributed by atoms with Gasteiger partial charge in [-0.25, -0.2) is 5.01 Å². The molecule has 0 saturated heterocycles. The zero-order valence-electron chi connectivity index (χ0n) is 6.31. The Kier molecular flexibility index (Phi) is 3.80. The largest absolute Gasteiger partial charge is 0.324 e. The molecule has 0 aromatic rings. The Bertz CT molecular complexity index is 114. The van der Waals surface area contributed by atoms with Crippen molar-refractivity contribution < 1.29 is 0 Å². The zero-order chi connectivity index (χ0) is 7.28. The van der Waals surface area contributed by atoms with Crippen LogP contribution in [0.2, 0.25) is 0 Å². The molecule has 0 saturated carbocycles. The fraction of sp³-hybridized carbons (Fsp3) is 0.429. The maximum atomic E-state index is 3.57. The Labute approximate surface area is 56.8 Å². The SMILES string of the molecule is C=C/C=C(\C)NN(C)C. The summed E-state index contributed by atoms with van der Waals surface area (Å²) in [4.78, 5) is 0. The van der Waals surface area contributed by atoms with Crippen LogP contribution in [0, 0.1) is 0 Å². The van der Waals surface area contributed by atoms with Gasteiger partial charge in [0, 0.05) is 19.8 Å². The summed E-state index contributed by atoms with van der Waals surface area (Å²) in [6, 6.07) is 0. The zero-order valence-corrected chi connectivity index (χ0v) is 6.31. The molecule has 9 heavy (non-hydrogen) atoms. The van der Waals surface area contributed by atoms with Gasteiger partial charge in [-0.1, -0.05) is 12.7 Å². The van der Waals surface area contributed by atoms with Crippen LogP contribution >= 0.6 is 0 Å². The molecule has 0 aromatic heterocycles. The molecule has 0 radical (unpaired) electrons.